The van der Waals surface area contributed by atoms with Gasteiger partial charge >= 0.3 is 6.18 Å². The fourth-order valence-corrected chi connectivity index (χ4v) is 1.17. The molecule has 0 bridgehead atoms. The zero-order chi connectivity index (χ0) is 12.0. The normalized spacial score (nSPS) is 11.5. The monoisotopic (exact) mass is 234 g/mol. The summed E-state index contributed by atoms with van der Waals surface area (Å²) in [5, 5.41) is 8.51. The molecule has 0 aliphatic carbocycles. The van der Waals surface area contributed by atoms with Crippen molar-refractivity contribution in [1.82, 2.24) is 0 Å². The SMILES string of the molecule is OCCCCOc1cccc(C(F)(F)F)c1. The second-order valence-electron chi connectivity index (χ2n) is 3.30. The van der Waals surface area contributed by atoms with Crippen LogP contribution in [0.25, 0.3) is 0 Å². The predicted octanol–water partition coefficient (Wildman–Crippen LogP) is 2.86. The van der Waals surface area contributed by atoms with E-state index in [1.54, 1.807) is 0 Å². The number of ether oxygens (including phenoxy) is 1. The molecule has 0 fully saturated rings. The number of hydrogen-bond donors (Lipinski definition) is 1. The smallest absolute Gasteiger partial charge is 0.416 e. The molecule has 1 aromatic carbocycles. The highest BCUT2D eigenvalue weighted by Gasteiger charge is 2.30. The third kappa shape index (κ3) is 4.10. The van der Waals surface area contributed by atoms with Gasteiger partial charge in [0.2, 0.25) is 0 Å². The van der Waals surface area contributed by atoms with E-state index in [9.17, 15) is 13.2 Å². The molecule has 0 radical (unpaired) electrons. The number of rotatable bonds is 5. The molecule has 2 nitrogen and oxygen atoms in total. The second kappa shape index (κ2) is 5.75. The zero-order valence-electron chi connectivity index (χ0n) is 8.63. The minimum atomic E-state index is -4.34. The number of aliphatic hydroxyl groups is 1. The summed E-state index contributed by atoms with van der Waals surface area (Å²) in [6.07, 6.45) is -3.14. The summed E-state index contributed by atoms with van der Waals surface area (Å²) < 4.78 is 42.1. The van der Waals surface area contributed by atoms with Crippen molar-refractivity contribution < 1.29 is 23.0 Å². The highest BCUT2D eigenvalue weighted by atomic mass is 19.4. The Bertz CT molecular complexity index is 323. The summed E-state index contributed by atoms with van der Waals surface area (Å²) in [6, 6.07) is 4.76. The van der Waals surface area contributed by atoms with Crippen molar-refractivity contribution in [2.24, 2.45) is 0 Å². The third-order valence-corrected chi connectivity index (χ3v) is 1.98. The summed E-state index contributed by atoms with van der Waals surface area (Å²) in [6.45, 7) is 0.369. The largest absolute Gasteiger partial charge is 0.494 e. The van der Waals surface area contributed by atoms with Gasteiger partial charge in [-0.05, 0) is 31.0 Å². The number of benzene rings is 1. The molecule has 0 aliphatic heterocycles. The highest BCUT2D eigenvalue weighted by molar-refractivity contribution is 5.30. The molecular formula is C11H13F3O2. The first-order valence-electron chi connectivity index (χ1n) is 4.95. The van der Waals surface area contributed by atoms with Gasteiger partial charge < -0.3 is 9.84 Å². The molecule has 0 saturated carbocycles. The first-order valence-corrected chi connectivity index (χ1v) is 4.95. The van der Waals surface area contributed by atoms with Crippen molar-refractivity contribution in [3.63, 3.8) is 0 Å². The lowest BCUT2D eigenvalue weighted by Gasteiger charge is -2.09. The summed E-state index contributed by atoms with van der Waals surface area (Å²) >= 11 is 0. The van der Waals surface area contributed by atoms with E-state index in [2.05, 4.69) is 0 Å². The maximum atomic E-state index is 12.3. The molecule has 90 valence electrons. The number of unbranched alkanes of at least 4 members (excludes halogenated alkanes) is 1. The molecular weight excluding hydrogens is 221 g/mol. The first kappa shape index (κ1) is 12.8. The van der Waals surface area contributed by atoms with Crippen LogP contribution in [0.15, 0.2) is 24.3 Å². The number of alkyl halides is 3. The molecule has 0 aliphatic rings. The van der Waals surface area contributed by atoms with Crippen LogP contribution in [0.2, 0.25) is 0 Å². The lowest BCUT2D eigenvalue weighted by Crippen LogP contribution is -2.05. The van der Waals surface area contributed by atoms with Crippen molar-refractivity contribution in [2.75, 3.05) is 13.2 Å². The Hall–Kier alpha value is -1.23. The van der Waals surface area contributed by atoms with Crippen molar-refractivity contribution in [2.45, 2.75) is 19.0 Å². The van der Waals surface area contributed by atoms with E-state index in [-0.39, 0.29) is 12.4 Å². The molecule has 0 aromatic heterocycles. The fraction of sp³-hybridized carbons (Fsp3) is 0.455. The molecule has 0 saturated heterocycles. The van der Waals surface area contributed by atoms with Crippen molar-refractivity contribution in [3.05, 3.63) is 29.8 Å². The summed E-state index contributed by atoms with van der Waals surface area (Å²) in [5.74, 6) is 0.202. The van der Waals surface area contributed by atoms with E-state index in [1.807, 2.05) is 0 Å². The van der Waals surface area contributed by atoms with Crippen LogP contribution in [0.1, 0.15) is 18.4 Å². The molecule has 0 amide bonds. The number of aliphatic hydroxyl groups excluding tert-OH is 1. The van der Waals surface area contributed by atoms with Crippen LogP contribution in [0.3, 0.4) is 0 Å². The van der Waals surface area contributed by atoms with Gasteiger partial charge in [0.25, 0.3) is 0 Å². The van der Waals surface area contributed by atoms with Gasteiger partial charge in [0.1, 0.15) is 5.75 Å². The fourth-order valence-electron chi connectivity index (χ4n) is 1.17. The van der Waals surface area contributed by atoms with Crippen LogP contribution >= 0.6 is 0 Å². The van der Waals surface area contributed by atoms with Crippen LogP contribution in [-0.2, 0) is 6.18 Å². The van der Waals surface area contributed by atoms with E-state index in [0.29, 0.717) is 19.4 Å². The Kier molecular flexibility index (Phi) is 4.61. The maximum absolute atomic E-state index is 12.3. The average Bonchev–Trinajstić information content (AvgIpc) is 2.24. The van der Waals surface area contributed by atoms with Gasteiger partial charge in [-0.2, -0.15) is 13.2 Å². The number of halogens is 3. The van der Waals surface area contributed by atoms with E-state index < -0.39 is 11.7 Å². The van der Waals surface area contributed by atoms with Gasteiger partial charge in [-0.25, -0.2) is 0 Å². The van der Waals surface area contributed by atoms with E-state index in [4.69, 9.17) is 9.84 Å². The molecule has 0 heterocycles. The highest BCUT2D eigenvalue weighted by Crippen LogP contribution is 2.31. The zero-order valence-corrected chi connectivity index (χ0v) is 8.63. The Labute approximate surface area is 91.7 Å². The standard InChI is InChI=1S/C11H13F3O2/c12-11(13,14)9-4-3-5-10(8-9)16-7-2-1-6-15/h3-5,8,15H,1-2,6-7H2. The molecule has 5 heteroatoms. The van der Waals surface area contributed by atoms with Gasteiger partial charge in [0.05, 0.1) is 12.2 Å². The topological polar surface area (TPSA) is 29.5 Å². The van der Waals surface area contributed by atoms with Gasteiger partial charge in [0.15, 0.2) is 0 Å². The van der Waals surface area contributed by atoms with Crippen molar-refractivity contribution in [3.8, 4) is 5.75 Å². The molecule has 16 heavy (non-hydrogen) atoms. The van der Waals surface area contributed by atoms with Gasteiger partial charge in [-0.1, -0.05) is 6.07 Å². The molecule has 1 rings (SSSR count). The summed E-state index contributed by atoms with van der Waals surface area (Å²) in [4.78, 5) is 0. The maximum Gasteiger partial charge on any atom is 0.416 e. The molecule has 0 atom stereocenters. The average molecular weight is 234 g/mol. The van der Waals surface area contributed by atoms with Crippen LogP contribution < -0.4 is 4.74 Å². The molecule has 0 spiro atoms. The minimum absolute atomic E-state index is 0.0615. The Morgan fingerprint density at radius 2 is 1.94 bits per heavy atom. The van der Waals surface area contributed by atoms with Crippen LogP contribution in [-0.4, -0.2) is 18.3 Å². The van der Waals surface area contributed by atoms with Gasteiger partial charge in [-0.3, -0.25) is 0 Å². The third-order valence-electron chi connectivity index (χ3n) is 1.98. The summed E-state index contributed by atoms with van der Waals surface area (Å²) in [7, 11) is 0. The van der Waals surface area contributed by atoms with E-state index in [1.165, 1.54) is 12.1 Å². The quantitative estimate of drug-likeness (QED) is 0.794. The summed E-state index contributed by atoms with van der Waals surface area (Å²) in [5.41, 5.74) is -0.716. The molecule has 1 aromatic rings. The van der Waals surface area contributed by atoms with Crippen LogP contribution in [0, 0.1) is 0 Å². The van der Waals surface area contributed by atoms with Crippen LogP contribution in [0.4, 0.5) is 13.2 Å². The predicted molar refractivity (Wildman–Crippen MR) is 53.3 cm³/mol. The first-order chi connectivity index (χ1) is 7.54. The van der Waals surface area contributed by atoms with E-state index in [0.717, 1.165) is 12.1 Å². The molecule has 0 unspecified atom stereocenters. The van der Waals surface area contributed by atoms with Gasteiger partial charge in [0, 0.05) is 6.61 Å². The second-order valence-corrected chi connectivity index (χ2v) is 3.30. The Morgan fingerprint density at radius 3 is 2.56 bits per heavy atom. The minimum Gasteiger partial charge on any atom is -0.494 e. The lowest BCUT2D eigenvalue weighted by atomic mass is 10.2. The lowest BCUT2D eigenvalue weighted by molar-refractivity contribution is -0.137. The van der Waals surface area contributed by atoms with E-state index >= 15 is 0 Å². The number of hydrogen-bond acceptors (Lipinski definition) is 2. The van der Waals surface area contributed by atoms with Gasteiger partial charge in [-0.15, -0.1) is 0 Å². The molecule has 1 N–H and O–H groups in total. The van der Waals surface area contributed by atoms with Crippen LogP contribution in [0.5, 0.6) is 5.75 Å². The Morgan fingerprint density at radius 1 is 1.19 bits per heavy atom. The van der Waals surface area contributed by atoms with Crippen molar-refractivity contribution >= 4 is 0 Å². The Balaban J connectivity index is 2.54. The van der Waals surface area contributed by atoms with Crippen molar-refractivity contribution in [1.29, 1.82) is 0 Å².